The number of amides is 1. The largest absolute Gasteiger partial charge is 0.452 e. The van der Waals surface area contributed by atoms with Gasteiger partial charge in [0.25, 0.3) is 5.91 Å². The predicted octanol–water partition coefficient (Wildman–Crippen LogP) is 3.46. The standard InChI is InChI=1S/C25H33ClN2O6S/c1-16-3-4-20(10-21(16)35(31,32)28-5-7-33-8-6-28)27-22(29)17(2)34-23(30)24-11-18-9-19(12-24)14-25(26,13-18)15-24/h3-4,10,17-19H,5-9,11-15H2,1-2H3,(H,27,29)/t17-,18+,19+,24?,25?/m1/s1. The zero-order valence-electron chi connectivity index (χ0n) is 20.2. The second-order valence-corrected chi connectivity index (χ2v) is 13.6. The molecule has 5 fully saturated rings. The van der Waals surface area contributed by atoms with E-state index in [9.17, 15) is 18.0 Å². The second kappa shape index (κ2) is 9.01. The van der Waals surface area contributed by atoms with Crippen molar-refractivity contribution in [2.75, 3.05) is 31.6 Å². The number of halogens is 1. The molecule has 5 aliphatic rings. The van der Waals surface area contributed by atoms with Gasteiger partial charge in [-0.25, -0.2) is 8.42 Å². The normalized spacial score (nSPS) is 33.3. The van der Waals surface area contributed by atoms with Crippen LogP contribution in [-0.4, -0.2) is 61.9 Å². The Bertz CT molecular complexity index is 1120. The Morgan fingerprint density at radius 1 is 1.17 bits per heavy atom. The second-order valence-electron chi connectivity index (χ2n) is 10.9. The summed E-state index contributed by atoms with van der Waals surface area (Å²) in [7, 11) is -3.72. The van der Waals surface area contributed by atoms with Crippen LogP contribution in [0.2, 0.25) is 0 Å². The third-order valence-electron chi connectivity index (χ3n) is 8.12. The highest BCUT2D eigenvalue weighted by Gasteiger charge is 2.61. The van der Waals surface area contributed by atoms with Crippen LogP contribution in [-0.2, 0) is 29.1 Å². The lowest BCUT2D eigenvalue weighted by Crippen LogP contribution is -2.57. The van der Waals surface area contributed by atoms with E-state index in [0.29, 0.717) is 55.8 Å². The van der Waals surface area contributed by atoms with E-state index in [1.165, 1.54) is 10.4 Å². The average molecular weight is 525 g/mol. The summed E-state index contributed by atoms with van der Waals surface area (Å²) < 4.78 is 38.6. The van der Waals surface area contributed by atoms with E-state index in [1.54, 1.807) is 26.0 Å². The maximum Gasteiger partial charge on any atom is 0.312 e. The number of anilines is 1. The van der Waals surface area contributed by atoms with Crippen molar-refractivity contribution in [2.45, 2.75) is 68.2 Å². The van der Waals surface area contributed by atoms with Crippen LogP contribution < -0.4 is 5.32 Å². The van der Waals surface area contributed by atoms with E-state index in [0.717, 1.165) is 32.1 Å². The van der Waals surface area contributed by atoms with Crippen molar-refractivity contribution in [1.29, 1.82) is 0 Å². The van der Waals surface area contributed by atoms with Gasteiger partial charge in [-0.2, -0.15) is 4.31 Å². The van der Waals surface area contributed by atoms with Crippen LogP contribution in [0, 0.1) is 24.2 Å². The van der Waals surface area contributed by atoms with E-state index in [4.69, 9.17) is 21.1 Å². The number of carbonyl (C=O) groups is 2. The number of esters is 1. The number of aryl methyl sites for hydroxylation is 1. The SMILES string of the molecule is Cc1ccc(NC(=O)[C@@H](C)OC(=O)C23C[C@@H]4C[C@H](CC(Cl)(C4)C2)C3)cc1S(=O)(=O)N1CCOCC1. The minimum Gasteiger partial charge on any atom is -0.452 e. The van der Waals surface area contributed by atoms with Crippen molar-refractivity contribution >= 4 is 39.2 Å². The van der Waals surface area contributed by atoms with Crippen LogP contribution in [0.3, 0.4) is 0 Å². The van der Waals surface area contributed by atoms with Crippen molar-refractivity contribution in [3.63, 3.8) is 0 Å². The molecule has 0 unspecified atom stereocenters. The zero-order valence-corrected chi connectivity index (χ0v) is 21.8. The fraction of sp³-hybridized carbons (Fsp3) is 0.680. The molecule has 192 valence electrons. The highest BCUT2D eigenvalue weighted by molar-refractivity contribution is 7.89. The van der Waals surface area contributed by atoms with Gasteiger partial charge in [-0.15, -0.1) is 11.6 Å². The van der Waals surface area contributed by atoms with E-state index in [-0.39, 0.29) is 15.7 Å². The molecule has 1 N–H and O–H groups in total. The molecule has 4 saturated carbocycles. The Balaban J connectivity index is 1.26. The molecule has 3 atom stereocenters. The number of ether oxygens (including phenoxy) is 2. The smallest absolute Gasteiger partial charge is 0.312 e. The first-order valence-corrected chi connectivity index (χ1v) is 14.2. The number of carbonyl (C=O) groups excluding carboxylic acids is 2. The molecule has 1 aromatic carbocycles. The van der Waals surface area contributed by atoms with Gasteiger partial charge >= 0.3 is 5.97 Å². The van der Waals surface area contributed by atoms with Gasteiger partial charge in [-0.3, -0.25) is 9.59 Å². The van der Waals surface area contributed by atoms with E-state index < -0.39 is 27.4 Å². The lowest BCUT2D eigenvalue weighted by atomic mass is 9.49. The number of sulfonamides is 1. The summed E-state index contributed by atoms with van der Waals surface area (Å²) in [4.78, 5) is 26.0. The number of nitrogens with zero attached hydrogens (tertiary/aromatic N) is 1. The first kappa shape index (κ1) is 25.0. The van der Waals surface area contributed by atoms with Crippen molar-refractivity contribution in [3.05, 3.63) is 23.8 Å². The Morgan fingerprint density at radius 2 is 1.83 bits per heavy atom. The van der Waals surface area contributed by atoms with Gasteiger partial charge in [0.2, 0.25) is 10.0 Å². The molecule has 4 bridgehead atoms. The molecule has 1 saturated heterocycles. The summed E-state index contributed by atoms with van der Waals surface area (Å²) in [5, 5.41) is 2.72. The van der Waals surface area contributed by atoms with E-state index >= 15 is 0 Å². The molecule has 10 heteroatoms. The van der Waals surface area contributed by atoms with Gasteiger partial charge < -0.3 is 14.8 Å². The van der Waals surface area contributed by atoms with E-state index in [1.807, 2.05) is 0 Å². The molecule has 0 spiro atoms. The van der Waals surface area contributed by atoms with Crippen LogP contribution in [0.15, 0.2) is 23.1 Å². The van der Waals surface area contributed by atoms with Crippen molar-refractivity contribution < 1.29 is 27.5 Å². The molecule has 0 radical (unpaired) electrons. The molecule has 8 nitrogen and oxygen atoms in total. The third kappa shape index (κ3) is 4.72. The summed E-state index contributed by atoms with van der Waals surface area (Å²) in [6.07, 6.45) is 4.21. The predicted molar refractivity (Wildman–Crippen MR) is 131 cm³/mol. The molecule has 0 aromatic heterocycles. The lowest BCUT2D eigenvalue weighted by Gasteiger charge is -2.58. The summed E-state index contributed by atoms with van der Waals surface area (Å²) in [5.74, 6) is 0.0654. The summed E-state index contributed by atoms with van der Waals surface area (Å²) in [6.45, 7) is 4.55. The highest BCUT2D eigenvalue weighted by atomic mass is 35.5. The number of alkyl halides is 1. The fourth-order valence-corrected chi connectivity index (χ4v) is 9.21. The molecule has 6 rings (SSSR count). The fourth-order valence-electron chi connectivity index (χ4n) is 6.85. The zero-order chi connectivity index (χ0) is 25.0. The number of rotatable bonds is 6. The van der Waals surface area contributed by atoms with Crippen LogP contribution in [0.1, 0.15) is 51.0 Å². The third-order valence-corrected chi connectivity index (χ3v) is 10.6. The first-order chi connectivity index (χ1) is 16.5. The summed E-state index contributed by atoms with van der Waals surface area (Å²) in [6, 6.07) is 4.77. The monoisotopic (exact) mass is 524 g/mol. The molecule has 1 aliphatic heterocycles. The molecule has 1 amide bonds. The topological polar surface area (TPSA) is 102 Å². The van der Waals surface area contributed by atoms with Gasteiger partial charge in [0.15, 0.2) is 6.10 Å². The van der Waals surface area contributed by atoms with Gasteiger partial charge in [0, 0.05) is 23.7 Å². The molecule has 1 aromatic rings. The Hall–Kier alpha value is -1.68. The van der Waals surface area contributed by atoms with Gasteiger partial charge in [-0.05, 0) is 81.9 Å². The maximum absolute atomic E-state index is 13.3. The van der Waals surface area contributed by atoms with Crippen LogP contribution in [0.25, 0.3) is 0 Å². The van der Waals surface area contributed by atoms with Crippen molar-refractivity contribution in [3.8, 4) is 0 Å². The Kier molecular flexibility index (Phi) is 6.43. The van der Waals surface area contributed by atoms with Crippen molar-refractivity contribution in [1.82, 2.24) is 4.31 Å². The van der Waals surface area contributed by atoms with Crippen LogP contribution in [0.5, 0.6) is 0 Å². The molecule has 1 heterocycles. The minimum atomic E-state index is -3.72. The number of hydrogen-bond donors (Lipinski definition) is 1. The number of nitrogens with one attached hydrogen (secondary N) is 1. The average Bonchev–Trinajstić information content (AvgIpc) is 2.79. The minimum absolute atomic E-state index is 0.142. The summed E-state index contributed by atoms with van der Waals surface area (Å²) >= 11 is 6.84. The maximum atomic E-state index is 13.3. The Labute approximate surface area is 211 Å². The van der Waals surface area contributed by atoms with Crippen LogP contribution in [0.4, 0.5) is 5.69 Å². The van der Waals surface area contributed by atoms with Crippen molar-refractivity contribution in [2.24, 2.45) is 17.3 Å². The van der Waals surface area contributed by atoms with Gasteiger partial charge in [0.1, 0.15) is 0 Å². The molecule has 4 aliphatic carbocycles. The van der Waals surface area contributed by atoms with Gasteiger partial charge in [0.05, 0.1) is 23.5 Å². The summed E-state index contributed by atoms with van der Waals surface area (Å²) in [5.41, 5.74) is 0.333. The van der Waals surface area contributed by atoms with E-state index in [2.05, 4.69) is 5.32 Å². The number of morpholine rings is 1. The highest BCUT2D eigenvalue weighted by Crippen LogP contribution is 2.64. The molecular formula is C25H33ClN2O6S. The number of benzene rings is 1. The lowest BCUT2D eigenvalue weighted by molar-refractivity contribution is -0.176. The number of hydrogen-bond acceptors (Lipinski definition) is 6. The van der Waals surface area contributed by atoms with Gasteiger partial charge in [-0.1, -0.05) is 6.07 Å². The molecular weight excluding hydrogens is 492 g/mol. The first-order valence-electron chi connectivity index (χ1n) is 12.4. The quantitative estimate of drug-likeness (QED) is 0.451. The molecule has 35 heavy (non-hydrogen) atoms. The van der Waals surface area contributed by atoms with Crippen LogP contribution >= 0.6 is 11.6 Å². The Morgan fingerprint density at radius 3 is 2.46 bits per heavy atom.